The maximum Gasteiger partial charge on any atom is 0.343 e. The van der Waals surface area contributed by atoms with Crippen molar-refractivity contribution in [1.82, 2.24) is 19.6 Å². The first-order chi connectivity index (χ1) is 22.0. The maximum absolute atomic E-state index is 14.2. The fourth-order valence-electron chi connectivity index (χ4n) is 5.82. The molecule has 0 radical (unpaired) electrons. The monoisotopic (exact) mass is 612 g/mol. The second-order valence-electron chi connectivity index (χ2n) is 12.5. The first-order valence-corrected chi connectivity index (χ1v) is 15.2. The van der Waals surface area contributed by atoms with Crippen molar-refractivity contribution in [2.45, 2.75) is 46.0 Å². The number of aromatic amines is 2. The molecule has 232 valence electrons. The number of carbonyl (C=O) groups excluding carboxylic acids is 1. The second-order valence-corrected chi connectivity index (χ2v) is 12.5. The highest BCUT2D eigenvalue weighted by molar-refractivity contribution is 5.91. The van der Waals surface area contributed by atoms with Crippen LogP contribution >= 0.6 is 0 Å². The lowest BCUT2D eigenvalue weighted by Gasteiger charge is -2.19. The first kappa shape index (κ1) is 30.4. The van der Waals surface area contributed by atoms with Crippen LogP contribution in [0.15, 0.2) is 119 Å². The topological polar surface area (TPSA) is 102 Å². The van der Waals surface area contributed by atoms with Gasteiger partial charge in [-0.15, -0.1) is 0 Å². The van der Waals surface area contributed by atoms with E-state index in [0.29, 0.717) is 50.8 Å². The molecule has 0 aliphatic heterocycles. The second kappa shape index (κ2) is 12.0. The molecule has 0 unspecified atom stereocenters. The number of carbonyl (C=O) groups is 1. The number of H-pyrrole nitrogens is 2. The lowest BCUT2D eigenvalue weighted by molar-refractivity contribution is 0.0734. The molecule has 8 heteroatoms. The number of aromatic nitrogens is 4. The van der Waals surface area contributed by atoms with Crippen molar-refractivity contribution in [3.63, 3.8) is 0 Å². The van der Waals surface area contributed by atoms with Crippen LogP contribution in [-0.4, -0.2) is 25.5 Å². The predicted octanol–water partition coefficient (Wildman–Crippen LogP) is 6.96. The minimum absolute atomic E-state index is 0.0450. The van der Waals surface area contributed by atoms with Gasteiger partial charge in [0.25, 0.3) is 11.1 Å². The van der Waals surface area contributed by atoms with Gasteiger partial charge in [-0.25, -0.2) is 14.2 Å². The van der Waals surface area contributed by atoms with E-state index >= 15 is 0 Å². The van der Waals surface area contributed by atoms with E-state index in [4.69, 9.17) is 4.74 Å². The van der Waals surface area contributed by atoms with Gasteiger partial charge in [0.05, 0.1) is 28.1 Å². The van der Waals surface area contributed by atoms with Gasteiger partial charge in [-0.2, -0.15) is 0 Å². The molecule has 0 atom stereocenters. The largest absolute Gasteiger partial charge is 0.423 e. The van der Waals surface area contributed by atoms with Gasteiger partial charge in [-0.1, -0.05) is 81.4 Å². The van der Waals surface area contributed by atoms with Crippen LogP contribution in [0.3, 0.4) is 0 Å². The Bertz CT molecular complexity index is 2030. The summed E-state index contributed by atoms with van der Waals surface area (Å²) in [5.41, 5.74) is 4.99. The zero-order valence-corrected chi connectivity index (χ0v) is 26.5. The van der Waals surface area contributed by atoms with Crippen LogP contribution in [0.5, 0.6) is 5.75 Å². The van der Waals surface area contributed by atoms with Crippen LogP contribution in [0, 0.1) is 13.8 Å². The fraction of sp³-hybridized carbons (Fsp3) is 0.184. The third kappa shape index (κ3) is 5.77. The van der Waals surface area contributed by atoms with Crippen molar-refractivity contribution in [1.29, 1.82) is 0 Å². The molecule has 0 fully saturated rings. The maximum atomic E-state index is 14.2. The number of esters is 1. The summed E-state index contributed by atoms with van der Waals surface area (Å²) in [5, 5.41) is 6.42. The van der Waals surface area contributed by atoms with Crippen LogP contribution in [0.2, 0.25) is 0 Å². The highest BCUT2D eigenvalue weighted by atomic mass is 16.5. The molecule has 6 aromatic rings. The number of para-hydroxylation sites is 2. The summed E-state index contributed by atoms with van der Waals surface area (Å²) in [6.07, 6.45) is 0. The van der Waals surface area contributed by atoms with E-state index < -0.39 is 11.9 Å². The molecule has 0 aliphatic carbocycles. The summed E-state index contributed by atoms with van der Waals surface area (Å²) in [6.45, 7) is 10.00. The zero-order valence-electron chi connectivity index (χ0n) is 26.5. The van der Waals surface area contributed by atoms with Gasteiger partial charge >= 0.3 is 5.97 Å². The zero-order chi connectivity index (χ0) is 32.6. The Morgan fingerprint density at radius 2 is 1.17 bits per heavy atom. The van der Waals surface area contributed by atoms with Gasteiger partial charge in [0.2, 0.25) is 0 Å². The Labute approximate surface area is 266 Å². The summed E-state index contributed by atoms with van der Waals surface area (Å²) in [7, 11) is 0. The molecule has 6 rings (SSSR count). The molecule has 46 heavy (non-hydrogen) atoms. The number of nitrogens with one attached hydrogen (secondary N) is 2. The van der Waals surface area contributed by atoms with Crippen LogP contribution in [-0.2, 0) is 5.41 Å². The van der Waals surface area contributed by atoms with Gasteiger partial charge in [0.1, 0.15) is 5.75 Å². The molecular weight excluding hydrogens is 576 g/mol. The van der Waals surface area contributed by atoms with E-state index in [1.54, 1.807) is 30.3 Å². The average molecular weight is 613 g/mol. The number of benzene rings is 4. The molecule has 0 spiro atoms. The lowest BCUT2D eigenvalue weighted by atomic mass is 9.85. The standard InChI is InChI=1S/C38H36N4O4/c1-24-32(35(43)41(39-24)29-14-8-6-9-15-29)34(33-25(2)40-42(36(33)44)30-16-10-7-11-17-30)27-13-12-18-31(23-27)46-37(45)26-19-21-28(22-20-26)38(3,4)5/h6-23,34,39-40H,1-5H3. The Morgan fingerprint density at radius 3 is 1.65 bits per heavy atom. The molecule has 2 N–H and O–H groups in total. The van der Waals surface area contributed by atoms with Crippen LogP contribution in [0.25, 0.3) is 11.4 Å². The van der Waals surface area contributed by atoms with Gasteiger partial charge in [0, 0.05) is 17.3 Å². The van der Waals surface area contributed by atoms with Crippen LogP contribution in [0.1, 0.15) is 70.7 Å². The summed E-state index contributed by atoms with van der Waals surface area (Å²) >= 11 is 0. The van der Waals surface area contributed by atoms with E-state index in [9.17, 15) is 14.4 Å². The molecule has 0 saturated heterocycles. The fourth-order valence-corrected chi connectivity index (χ4v) is 5.82. The van der Waals surface area contributed by atoms with Gasteiger partial charge < -0.3 is 4.74 Å². The molecule has 8 nitrogen and oxygen atoms in total. The van der Waals surface area contributed by atoms with Crippen LogP contribution in [0.4, 0.5) is 0 Å². The quantitative estimate of drug-likeness (QED) is 0.150. The molecule has 0 saturated carbocycles. The van der Waals surface area contributed by atoms with Crippen LogP contribution < -0.4 is 15.9 Å². The highest BCUT2D eigenvalue weighted by Gasteiger charge is 2.31. The molecule has 2 heterocycles. The average Bonchev–Trinajstić information content (AvgIpc) is 3.51. The molecule has 4 aromatic carbocycles. The molecular formula is C38H36N4O4. The van der Waals surface area contributed by atoms with E-state index in [1.165, 1.54) is 9.36 Å². The Balaban J connectivity index is 1.46. The number of hydrogen-bond acceptors (Lipinski definition) is 4. The highest BCUT2D eigenvalue weighted by Crippen LogP contribution is 2.34. The third-order valence-electron chi connectivity index (χ3n) is 8.23. The van der Waals surface area contributed by atoms with Crippen molar-refractivity contribution >= 4 is 5.97 Å². The van der Waals surface area contributed by atoms with E-state index in [0.717, 1.165) is 5.56 Å². The normalized spacial score (nSPS) is 11.6. The Kier molecular flexibility index (Phi) is 7.96. The number of ether oxygens (including phenoxy) is 1. The van der Waals surface area contributed by atoms with E-state index in [1.807, 2.05) is 92.7 Å². The van der Waals surface area contributed by atoms with E-state index in [2.05, 4.69) is 31.0 Å². The first-order valence-electron chi connectivity index (χ1n) is 15.2. The number of rotatable bonds is 7. The summed E-state index contributed by atoms with van der Waals surface area (Å²) in [5.74, 6) is -0.963. The molecule has 0 aliphatic rings. The van der Waals surface area contributed by atoms with Crippen molar-refractivity contribution in [3.8, 4) is 17.1 Å². The summed E-state index contributed by atoms with van der Waals surface area (Å²) in [4.78, 5) is 41.5. The Hall–Kier alpha value is -5.63. The minimum Gasteiger partial charge on any atom is -0.423 e. The number of nitrogens with zero attached hydrogens (tertiary/aromatic N) is 2. The SMILES string of the molecule is Cc1[nH]n(-c2ccccc2)c(=O)c1C(c1cccc(OC(=O)c2ccc(C(C)(C)C)cc2)c1)c1c(C)[nH]n(-c2ccccc2)c1=O. The third-order valence-corrected chi connectivity index (χ3v) is 8.23. The van der Waals surface area contributed by atoms with Crippen molar-refractivity contribution in [3.05, 3.63) is 169 Å². The molecule has 2 aromatic heterocycles. The predicted molar refractivity (Wildman–Crippen MR) is 180 cm³/mol. The number of aryl methyl sites for hydroxylation is 2. The van der Waals surface area contributed by atoms with Crippen molar-refractivity contribution < 1.29 is 9.53 Å². The van der Waals surface area contributed by atoms with Crippen molar-refractivity contribution in [2.24, 2.45) is 0 Å². The summed E-state index contributed by atoms with van der Waals surface area (Å²) < 4.78 is 8.81. The van der Waals surface area contributed by atoms with Crippen molar-refractivity contribution in [2.75, 3.05) is 0 Å². The minimum atomic E-state index is -0.771. The molecule has 0 amide bonds. The summed E-state index contributed by atoms with van der Waals surface area (Å²) in [6, 6.07) is 33.0. The van der Waals surface area contributed by atoms with Gasteiger partial charge in [-0.3, -0.25) is 19.8 Å². The Morgan fingerprint density at radius 1 is 0.674 bits per heavy atom. The number of hydrogen-bond donors (Lipinski definition) is 2. The lowest BCUT2D eigenvalue weighted by Crippen LogP contribution is -2.25. The van der Waals surface area contributed by atoms with E-state index in [-0.39, 0.29) is 16.5 Å². The molecule has 0 bridgehead atoms. The smallest absolute Gasteiger partial charge is 0.343 e. The van der Waals surface area contributed by atoms with Gasteiger partial charge in [0.15, 0.2) is 0 Å². The van der Waals surface area contributed by atoms with Gasteiger partial charge in [-0.05, 0) is 78.9 Å².